The molecule has 0 amide bonds. The number of aromatic nitrogens is 2. The lowest BCUT2D eigenvalue weighted by Crippen LogP contribution is -2.37. The largest absolute Gasteiger partial charge is 0.326 e. The lowest BCUT2D eigenvalue weighted by atomic mass is 10.0. The fourth-order valence-electron chi connectivity index (χ4n) is 3.11. The molecule has 21 heavy (non-hydrogen) atoms. The molecule has 2 aromatic rings. The zero-order chi connectivity index (χ0) is 14.8. The first-order chi connectivity index (χ1) is 10.1. The Morgan fingerprint density at radius 3 is 2.71 bits per heavy atom. The molecule has 1 saturated heterocycles. The molecule has 1 aromatic carbocycles. The van der Waals surface area contributed by atoms with E-state index in [1.165, 1.54) is 5.57 Å². The van der Waals surface area contributed by atoms with E-state index in [1.54, 1.807) is 0 Å². The Balaban J connectivity index is 1.76. The van der Waals surface area contributed by atoms with E-state index in [-0.39, 0.29) is 5.69 Å². The van der Waals surface area contributed by atoms with Crippen molar-refractivity contribution >= 4 is 11.0 Å². The topological polar surface area (TPSA) is 41.0 Å². The molecule has 0 atom stereocenters. The number of para-hydroxylation sites is 2. The van der Waals surface area contributed by atoms with E-state index >= 15 is 0 Å². The average Bonchev–Trinajstić information content (AvgIpc) is 2.81. The first-order valence-corrected chi connectivity index (χ1v) is 7.70. The van der Waals surface area contributed by atoms with Crippen molar-refractivity contribution in [2.45, 2.75) is 32.7 Å². The summed E-state index contributed by atoms with van der Waals surface area (Å²) in [5, 5.41) is 0. The van der Waals surface area contributed by atoms with Crippen molar-refractivity contribution < 1.29 is 0 Å². The molecule has 3 rings (SSSR count). The lowest BCUT2D eigenvalue weighted by Gasteiger charge is -2.31. The summed E-state index contributed by atoms with van der Waals surface area (Å²) in [5.41, 5.74) is 3.36. The van der Waals surface area contributed by atoms with Gasteiger partial charge in [0.05, 0.1) is 11.0 Å². The molecule has 1 aliphatic heterocycles. The summed E-state index contributed by atoms with van der Waals surface area (Å²) >= 11 is 0. The van der Waals surface area contributed by atoms with Crippen molar-refractivity contribution in [1.29, 1.82) is 0 Å². The lowest BCUT2D eigenvalue weighted by molar-refractivity contribution is 0.203. The number of benzene rings is 1. The molecule has 1 aliphatic rings. The van der Waals surface area contributed by atoms with E-state index in [4.69, 9.17) is 0 Å². The van der Waals surface area contributed by atoms with Crippen LogP contribution < -0.4 is 5.69 Å². The quantitative estimate of drug-likeness (QED) is 0.881. The minimum atomic E-state index is 0.0268. The molecule has 0 aliphatic carbocycles. The van der Waals surface area contributed by atoms with E-state index in [9.17, 15) is 4.79 Å². The number of piperidine rings is 1. The number of allylic oxidation sites excluding steroid dienone is 1. The van der Waals surface area contributed by atoms with Crippen molar-refractivity contribution in [3.8, 4) is 0 Å². The summed E-state index contributed by atoms with van der Waals surface area (Å²) in [6, 6.07) is 8.28. The number of rotatable bonds is 3. The molecule has 4 heteroatoms. The van der Waals surface area contributed by atoms with E-state index in [2.05, 4.69) is 29.8 Å². The van der Waals surface area contributed by atoms with Crippen molar-refractivity contribution in [2.24, 2.45) is 0 Å². The van der Waals surface area contributed by atoms with Gasteiger partial charge in [0.2, 0.25) is 0 Å². The highest BCUT2D eigenvalue weighted by atomic mass is 16.1. The zero-order valence-electron chi connectivity index (χ0n) is 12.8. The molecule has 0 spiro atoms. The zero-order valence-corrected chi connectivity index (χ0v) is 12.8. The summed E-state index contributed by atoms with van der Waals surface area (Å²) in [5.74, 6) is 0. The normalized spacial score (nSPS) is 17.2. The van der Waals surface area contributed by atoms with Crippen molar-refractivity contribution in [1.82, 2.24) is 14.5 Å². The molecule has 0 bridgehead atoms. The molecule has 4 nitrogen and oxygen atoms in total. The summed E-state index contributed by atoms with van der Waals surface area (Å²) in [4.78, 5) is 17.6. The van der Waals surface area contributed by atoms with Crippen molar-refractivity contribution in [3.05, 3.63) is 46.4 Å². The number of aromatic amines is 1. The molecular formula is C17H23N3O. The second-order valence-corrected chi connectivity index (χ2v) is 6.13. The van der Waals surface area contributed by atoms with Crippen LogP contribution in [0, 0.1) is 0 Å². The van der Waals surface area contributed by atoms with Crippen LogP contribution in [0.5, 0.6) is 0 Å². The summed E-state index contributed by atoms with van der Waals surface area (Å²) in [6.45, 7) is 7.41. The molecule has 1 aromatic heterocycles. The predicted octanol–water partition coefficient (Wildman–Crippen LogP) is 2.93. The van der Waals surface area contributed by atoms with Crippen LogP contribution in [0.2, 0.25) is 0 Å². The maximum Gasteiger partial charge on any atom is 0.326 e. The Morgan fingerprint density at radius 2 is 2.00 bits per heavy atom. The predicted molar refractivity (Wildman–Crippen MR) is 86.7 cm³/mol. The van der Waals surface area contributed by atoms with Gasteiger partial charge in [-0.1, -0.05) is 23.8 Å². The number of imidazole rings is 1. The Bertz CT molecular complexity index is 698. The van der Waals surface area contributed by atoms with Gasteiger partial charge in [-0.25, -0.2) is 4.79 Å². The van der Waals surface area contributed by atoms with Gasteiger partial charge in [0.15, 0.2) is 0 Å². The maximum atomic E-state index is 12.2. The van der Waals surface area contributed by atoms with Crippen LogP contribution in [-0.2, 0) is 0 Å². The number of hydrogen-bond donors (Lipinski definition) is 1. The van der Waals surface area contributed by atoms with Gasteiger partial charge < -0.3 is 4.98 Å². The van der Waals surface area contributed by atoms with Crippen molar-refractivity contribution in [2.75, 3.05) is 19.6 Å². The maximum absolute atomic E-state index is 12.2. The van der Waals surface area contributed by atoms with E-state index < -0.39 is 0 Å². The van der Waals surface area contributed by atoms with Crippen LogP contribution in [0.1, 0.15) is 32.7 Å². The fraction of sp³-hybridized carbons (Fsp3) is 0.471. The summed E-state index contributed by atoms with van der Waals surface area (Å²) < 4.78 is 1.95. The van der Waals surface area contributed by atoms with Crippen LogP contribution in [0.25, 0.3) is 11.0 Å². The number of likely N-dealkylation sites (tertiary alicyclic amines) is 1. The van der Waals surface area contributed by atoms with Crippen LogP contribution in [-0.4, -0.2) is 34.1 Å². The van der Waals surface area contributed by atoms with E-state index in [0.717, 1.165) is 43.5 Å². The van der Waals surface area contributed by atoms with Crippen LogP contribution >= 0.6 is 0 Å². The first kappa shape index (κ1) is 14.1. The van der Waals surface area contributed by atoms with Gasteiger partial charge in [-0.3, -0.25) is 9.47 Å². The molecule has 1 N–H and O–H groups in total. The number of hydrogen-bond acceptors (Lipinski definition) is 2. The van der Waals surface area contributed by atoms with Crippen LogP contribution in [0.15, 0.2) is 40.7 Å². The fourth-order valence-corrected chi connectivity index (χ4v) is 3.11. The van der Waals surface area contributed by atoms with Gasteiger partial charge in [-0.05, 0) is 38.8 Å². The number of nitrogens with zero attached hydrogens (tertiary/aromatic N) is 2. The Morgan fingerprint density at radius 1 is 1.29 bits per heavy atom. The third-order valence-corrected chi connectivity index (χ3v) is 4.30. The Hall–Kier alpha value is -1.81. The van der Waals surface area contributed by atoms with Gasteiger partial charge in [-0.2, -0.15) is 0 Å². The summed E-state index contributed by atoms with van der Waals surface area (Å²) in [7, 11) is 0. The molecule has 0 saturated carbocycles. The van der Waals surface area contributed by atoms with Crippen LogP contribution in [0.3, 0.4) is 0 Å². The highest BCUT2D eigenvalue weighted by Crippen LogP contribution is 2.24. The van der Waals surface area contributed by atoms with Gasteiger partial charge in [0, 0.05) is 25.7 Å². The number of nitrogens with one attached hydrogen (secondary N) is 1. The minimum Gasteiger partial charge on any atom is -0.306 e. The average molecular weight is 285 g/mol. The highest BCUT2D eigenvalue weighted by molar-refractivity contribution is 5.75. The van der Waals surface area contributed by atoms with Crippen molar-refractivity contribution in [3.63, 3.8) is 0 Å². The Labute approximate surface area is 125 Å². The molecule has 0 unspecified atom stereocenters. The standard InChI is InChI=1S/C17H23N3O/c1-13(2)7-10-19-11-8-14(9-12-19)20-16-6-4-3-5-15(16)18-17(20)21/h3-7,14H,8-12H2,1-2H3,(H,18,21). The second kappa shape index (κ2) is 5.90. The number of H-pyrrole nitrogens is 1. The monoisotopic (exact) mass is 285 g/mol. The highest BCUT2D eigenvalue weighted by Gasteiger charge is 2.22. The van der Waals surface area contributed by atoms with Gasteiger partial charge >= 0.3 is 5.69 Å². The molecule has 1 fully saturated rings. The third kappa shape index (κ3) is 2.95. The van der Waals surface area contributed by atoms with Gasteiger partial charge in [0.1, 0.15) is 0 Å². The molecule has 2 heterocycles. The third-order valence-electron chi connectivity index (χ3n) is 4.30. The molecular weight excluding hydrogens is 262 g/mol. The van der Waals surface area contributed by atoms with Gasteiger partial charge in [-0.15, -0.1) is 0 Å². The van der Waals surface area contributed by atoms with Crippen LogP contribution in [0.4, 0.5) is 0 Å². The molecule has 0 radical (unpaired) electrons. The molecule has 112 valence electrons. The van der Waals surface area contributed by atoms with E-state index in [0.29, 0.717) is 6.04 Å². The summed E-state index contributed by atoms with van der Waals surface area (Å²) in [6.07, 6.45) is 4.36. The Kier molecular flexibility index (Phi) is 3.97. The SMILES string of the molecule is CC(C)=CCN1CCC(n2c(=O)[nH]c3ccccc32)CC1. The van der Waals surface area contributed by atoms with Gasteiger partial charge in [0.25, 0.3) is 0 Å². The first-order valence-electron chi connectivity index (χ1n) is 7.70. The minimum absolute atomic E-state index is 0.0268. The van der Waals surface area contributed by atoms with E-state index in [1.807, 2.05) is 28.8 Å². The smallest absolute Gasteiger partial charge is 0.306 e. The second-order valence-electron chi connectivity index (χ2n) is 6.13. The number of fused-ring (bicyclic) bond motifs is 1.